The summed E-state index contributed by atoms with van der Waals surface area (Å²) in [4.78, 5) is 0. The molecule has 0 amide bonds. The third kappa shape index (κ3) is 2.95. The first-order chi connectivity index (χ1) is 9.01. The molecule has 0 saturated carbocycles. The normalized spacial score (nSPS) is 10.1. The van der Waals surface area contributed by atoms with Gasteiger partial charge in [0.15, 0.2) is 5.82 Å². The van der Waals surface area contributed by atoms with Crippen molar-refractivity contribution >= 4 is 34.6 Å². The molecule has 2 aromatic rings. The Kier molecular flexibility index (Phi) is 3.89. The zero-order valence-corrected chi connectivity index (χ0v) is 10.9. The van der Waals surface area contributed by atoms with Gasteiger partial charge in [0.2, 0.25) is 0 Å². The lowest BCUT2D eigenvalue weighted by atomic mass is 10.2. The van der Waals surface area contributed by atoms with Crippen LogP contribution < -0.4 is 5.32 Å². The van der Waals surface area contributed by atoms with Crippen molar-refractivity contribution in [3.63, 3.8) is 0 Å². The SMILES string of the molecule is N#Cc1ccc(Nc2cc(Cl)c(F)c(Cl)c2)c(F)c1. The highest BCUT2D eigenvalue weighted by Gasteiger charge is 2.09. The molecule has 0 aliphatic rings. The number of rotatable bonds is 2. The number of nitriles is 1. The van der Waals surface area contributed by atoms with Crippen LogP contribution >= 0.6 is 23.2 Å². The second-order valence-corrected chi connectivity index (χ2v) is 4.50. The minimum absolute atomic E-state index is 0.137. The predicted octanol–water partition coefficient (Wildman–Crippen LogP) is 4.89. The van der Waals surface area contributed by atoms with Gasteiger partial charge in [0, 0.05) is 5.69 Å². The lowest BCUT2D eigenvalue weighted by Crippen LogP contribution is -1.95. The quantitative estimate of drug-likeness (QED) is 0.802. The minimum atomic E-state index is -0.728. The Bertz CT molecular complexity index is 658. The van der Waals surface area contributed by atoms with Gasteiger partial charge >= 0.3 is 0 Å². The van der Waals surface area contributed by atoms with Crippen molar-refractivity contribution in [3.8, 4) is 6.07 Å². The summed E-state index contributed by atoms with van der Waals surface area (Å²) < 4.78 is 26.9. The average molecular weight is 299 g/mol. The van der Waals surface area contributed by atoms with Crippen molar-refractivity contribution in [2.24, 2.45) is 0 Å². The molecule has 0 aliphatic heterocycles. The molecular formula is C13H6Cl2F2N2. The van der Waals surface area contributed by atoms with Crippen LogP contribution in [0.3, 0.4) is 0 Å². The van der Waals surface area contributed by atoms with Crippen LogP contribution in [0.25, 0.3) is 0 Å². The summed E-state index contributed by atoms with van der Waals surface area (Å²) in [5.74, 6) is -1.33. The van der Waals surface area contributed by atoms with E-state index in [0.29, 0.717) is 5.69 Å². The first kappa shape index (κ1) is 13.6. The van der Waals surface area contributed by atoms with E-state index in [9.17, 15) is 8.78 Å². The number of benzene rings is 2. The maximum atomic E-state index is 13.6. The van der Waals surface area contributed by atoms with Crippen molar-refractivity contribution in [2.45, 2.75) is 0 Å². The molecule has 6 heteroatoms. The van der Waals surface area contributed by atoms with Gasteiger partial charge in [-0.2, -0.15) is 5.26 Å². The molecule has 0 fully saturated rings. The van der Waals surface area contributed by atoms with Crippen LogP contribution in [0, 0.1) is 23.0 Å². The highest BCUT2D eigenvalue weighted by Crippen LogP contribution is 2.29. The lowest BCUT2D eigenvalue weighted by molar-refractivity contribution is 0.628. The van der Waals surface area contributed by atoms with E-state index < -0.39 is 11.6 Å². The molecule has 0 aliphatic carbocycles. The number of nitrogens with zero attached hydrogens (tertiary/aromatic N) is 1. The fraction of sp³-hybridized carbons (Fsp3) is 0. The molecular weight excluding hydrogens is 293 g/mol. The third-order valence-electron chi connectivity index (χ3n) is 2.36. The van der Waals surface area contributed by atoms with Crippen LogP contribution in [0.2, 0.25) is 10.0 Å². The summed E-state index contributed by atoms with van der Waals surface area (Å²) in [6, 6.07) is 8.36. The van der Waals surface area contributed by atoms with Crippen LogP contribution in [0.4, 0.5) is 20.2 Å². The molecule has 1 N–H and O–H groups in total. The van der Waals surface area contributed by atoms with E-state index >= 15 is 0 Å². The van der Waals surface area contributed by atoms with Crippen LogP contribution in [-0.2, 0) is 0 Å². The van der Waals surface area contributed by atoms with Gasteiger partial charge in [-0.05, 0) is 30.3 Å². The summed E-state index contributed by atoms with van der Waals surface area (Å²) >= 11 is 11.3. The van der Waals surface area contributed by atoms with E-state index in [0.717, 1.165) is 6.07 Å². The lowest BCUT2D eigenvalue weighted by Gasteiger charge is -2.09. The molecule has 0 unspecified atom stereocenters. The van der Waals surface area contributed by atoms with E-state index in [1.165, 1.54) is 24.3 Å². The van der Waals surface area contributed by atoms with Crippen LogP contribution in [0.1, 0.15) is 5.56 Å². The van der Waals surface area contributed by atoms with Gasteiger partial charge < -0.3 is 5.32 Å². The minimum Gasteiger partial charge on any atom is -0.353 e. The van der Waals surface area contributed by atoms with Crippen molar-refractivity contribution in [1.82, 2.24) is 0 Å². The zero-order valence-electron chi connectivity index (χ0n) is 9.35. The van der Waals surface area contributed by atoms with Crippen molar-refractivity contribution < 1.29 is 8.78 Å². The third-order valence-corrected chi connectivity index (χ3v) is 2.91. The Morgan fingerprint density at radius 3 is 2.21 bits per heavy atom. The summed E-state index contributed by atoms with van der Waals surface area (Å²) in [6.07, 6.45) is 0. The number of nitrogens with one attached hydrogen (secondary N) is 1. The summed E-state index contributed by atoms with van der Waals surface area (Å²) in [6.45, 7) is 0. The van der Waals surface area contributed by atoms with E-state index in [1.807, 2.05) is 6.07 Å². The smallest absolute Gasteiger partial charge is 0.160 e. The molecule has 2 aromatic carbocycles. The highest BCUT2D eigenvalue weighted by atomic mass is 35.5. The van der Waals surface area contributed by atoms with E-state index in [1.54, 1.807) is 0 Å². The van der Waals surface area contributed by atoms with Gasteiger partial charge in [-0.25, -0.2) is 8.78 Å². The Morgan fingerprint density at radius 1 is 1.05 bits per heavy atom. The monoisotopic (exact) mass is 298 g/mol. The Balaban J connectivity index is 2.34. The second kappa shape index (κ2) is 5.43. The maximum absolute atomic E-state index is 13.6. The number of hydrogen-bond acceptors (Lipinski definition) is 2. The Labute approximate surface area is 118 Å². The summed E-state index contributed by atoms with van der Waals surface area (Å²) in [5, 5.41) is 11.0. The van der Waals surface area contributed by atoms with Crippen molar-refractivity contribution in [3.05, 3.63) is 57.6 Å². The van der Waals surface area contributed by atoms with Crippen molar-refractivity contribution in [1.29, 1.82) is 5.26 Å². The molecule has 0 saturated heterocycles. The number of halogens is 4. The van der Waals surface area contributed by atoms with Gasteiger partial charge in [0.25, 0.3) is 0 Å². The summed E-state index contributed by atoms with van der Waals surface area (Å²) in [5.41, 5.74) is 0.691. The molecule has 0 bridgehead atoms. The molecule has 0 atom stereocenters. The van der Waals surface area contributed by atoms with Gasteiger partial charge in [0.1, 0.15) is 5.82 Å². The van der Waals surface area contributed by atoms with E-state index in [2.05, 4.69) is 5.32 Å². The van der Waals surface area contributed by atoms with Crippen LogP contribution in [0.5, 0.6) is 0 Å². The first-order valence-electron chi connectivity index (χ1n) is 5.12. The van der Waals surface area contributed by atoms with Gasteiger partial charge in [-0.3, -0.25) is 0 Å². The Hall–Kier alpha value is -1.83. The Morgan fingerprint density at radius 2 is 1.68 bits per heavy atom. The highest BCUT2D eigenvalue weighted by molar-refractivity contribution is 6.35. The predicted molar refractivity (Wildman–Crippen MR) is 70.8 cm³/mol. The molecule has 2 rings (SSSR count). The standard InChI is InChI=1S/C13H6Cl2F2N2/c14-9-4-8(5-10(15)13(9)17)19-12-2-1-7(6-18)3-11(12)16/h1-5,19H. The summed E-state index contributed by atoms with van der Waals surface area (Å²) in [7, 11) is 0. The molecule has 0 radical (unpaired) electrons. The zero-order chi connectivity index (χ0) is 14.0. The van der Waals surface area contributed by atoms with E-state index in [-0.39, 0.29) is 21.3 Å². The number of hydrogen-bond donors (Lipinski definition) is 1. The topological polar surface area (TPSA) is 35.8 Å². The van der Waals surface area contributed by atoms with Gasteiger partial charge in [-0.1, -0.05) is 23.2 Å². The molecule has 2 nitrogen and oxygen atoms in total. The molecule has 0 aromatic heterocycles. The average Bonchev–Trinajstić information content (AvgIpc) is 2.38. The molecule has 96 valence electrons. The first-order valence-corrected chi connectivity index (χ1v) is 5.88. The molecule has 0 heterocycles. The molecule has 0 spiro atoms. The molecule has 19 heavy (non-hydrogen) atoms. The maximum Gasteiger partial charge on any atom is 0.160 e. The largest absolute Gasteiger partial charge is 0.353 e. The van der Waals surface area contributed by atoms with Crippen LogP contribution in [-0.4, -0.2) is 0 Å². The van der Waals surface area contributed by atoms with Gasteiger partial charge in [0.05, 0.1) is 27.4 Å². The van der Waals surface area contributed by atoms with Crippen LogP contribution in [0.15, 0.2) is 30.3 Å². The fourth-order valence-electron chi connectivity index (χ4n) is 1.47. The second-order valence-electron chi connectivity index (χ2n) is 3.69. The fourth-order valence-corrected chi connectivity index (χ4v) is 1.96. The number of anilines is 2. The van der Waals surface area contributed by atoms with Gasteiger partial charge in [-0.15, -0.1) is 0 Å². The van der Waals surface area contributed by atoms with E-state index in [4.69, 9.17) is 28.5 Å². The van der Waals surface area contributed by atoms with Crippen molar-refractivity contribution in [2.75, 3.05) is 5.32 Å².